The highest BCUT2D eigenvalue weighted by Gasteiger charge is 2.24. The molecule has 82 valence electrons. The van der Waals surface area contributed by atoms with Crippen LogP contribution >= 0.6 is 11.3 Å². The molecule has 1 N–H and O–H groups in total. The topological polar surface area (TPSA) is 67.3 Å². The van der Waals surface area contributed by atoms with Crippen LogP contribution in [0.15, 0.2) is 5.51 Å². The Bertz CT molecular complexity index is 329. The number of aromatic nitrogens is 2. The molecule has 0 aliphatic carbocycles. The maximum Gasteiger partial charge on any atom is 0.324 e. The van der Waals surface area contributed by atoms with Gasteiger partial charge in [0.2, 0.25) is 5.13 Å². The van der Waals surface area contributed by atoms with Crippen LogP contribution in [0.2, 0.25) is 0 Å². The van der Waals surface area contributed by atoms with Gasteiger partial charge in [0, 0.05) is 6.54 Å². The number of nitrogens with one attached hydrogen (secondary N) is 1. The van der Waals surface area contributed by atoms with Crippen LogP contribution in [-0.4, -0.2) is 46.9 Å². The number of hydrogen-bond acceptors (Lipinski definition) is 5. The van der Waals surface area contributed by atoms with Crippen molar-refractivity contribution in [3.63, 3.8) is 0 Å². The van der Waals surface area contributed by atoms with Crippen LogP contribution < -0.4 is 5.32 Å². The first-order valence-corrected chi connectivity index (χ1v) is 5.57. The predicted octanol–water partition coefficient (Wildman–Crippen LogP) is 0.791. The van der Waals surface area contributed by atoms with E-state index in [9.17, 15) is 4.79 Å². The Morgan fingerprint density at radius 3 is 3.33 bits per heavy atom. The van der Waals surface area contributed by atoms with Crippen molar-refractivity contribution in [1.82, 2.24) is 15.1 Å². The minimum atomic E-state index is -0.137. The molecule has 6 nitrogen and oxygen atoms in total. The summed E-state index contributed by atoms with van der Waals surface area (Å²) in [6, 6.07) is -0.0331. The molecule has 15 heavy (non-hydrogen) atoms. The van der Waals surface area contributed by atoms with Crippen molar-refractivity contribution in [2.45, 2.75) is 13.0 Å². The minimum absolute atomic E-state index is 0.103. The first kappa shape index (κ1) is 10.3. The number of urea groups is 1. The van der Waals surface area contributed by atoms with E-state index in [0.717, 1.165) is 0 Å². The van der Waals surface area contributed by atoms with E-state index < -0.39 is 0 Å². The van der Waals surface area contributed by atoms with Crippen molar-refractivity contribution in [3.8, 4) is 0 Å². The third-order valence-electron chi connectivity index (χ3n) is 2.20. The highest BCUT2D eigenvalue weighted by atomic mass is 32.1. The summed E-state index contributed by atoms with van der Waals surface area (Å²) < 4.78 is 5.25. The molecule has 1 aromatic rings. The normalized spacial score (nSPS) is 21.4. The van der Waals surface area contributed by atoms with Gasteiger partial charge < -0.3 is 9.64 Å². The molecule has 1 aromatic heterocycles. The Morgan fingerprint density at radius 1 is 1.80 bits per heavy atom. The van der Waals surface area contributed by atoms with Gasteiger partial charge in [0.15, 0.2) is 0 Å². The van der Waals surface area contributed by atoms with Gasteiger partial charge in [0.1, 0.15) is 5.51 Å². The highest BCUT2D eigenvalue weighted by molar-refractivity contribution is 7.13. The number of nitrogens with zero attached hydrogens (tertiary/aromatic N) is 3. The quantitative estimate of drug-likeness (QED) is 0.771. The van der Waals surface area contributed by atoms with Gasteiger partial charge in [-0.05, 0) is 6.92 Å². The lowest BCUT2D eigenvalue weighted by Gasteiger charge is -2.32. The van der Waals surface area contributed by atoms with Crippen molar-refractivity contribution in [3.05, 3.63) is 5.51 Å². The molecule has 1 atom stereocenters. The molecule has 7 heteroatoms. The third-order valence-corrected chi connectivity index (χ3v) is 2.81. The van der Waals surface area contributed by atoms with Gasteiger partial charge in [-0.3, -0.25) is 5.32 Å². The molecule has 1 fully saturated rings. The van der Waals surface area contributed by atoms with Gasteiger partial charge >= 0.3 is 6.03 Å². The largest absolute Gasteiger partial charge is 0.377 e. The van der Waals surface area contributed by atoms with Gasteiger partial charge in [-0.1, -0.05) is 11.3 Å². The predicted molar refractivity (Wildman–Crippen MR) is 55.9 cm³/mol. The lowest BCUT2D eigenvalue weighted by atomic mass is 10.3. The molecule has 1 aliphatic rings. The van der Waals surface area contributed by atoms with E-state index in [2.05, 4.69) is 15.5 Å². The van der Waals surface area contributed by atoms with Crippen LogP contribution in [0.25, 0.3) is 0 Å². The fraction of sp³-hybridized carbons (Fsp3) is 0.625. The average molecular weight is 228 g/mol. The number of anilines is 1. The summed E-state index contributed by atoms with van der Waals surface area (Å²) in [5.74, 6) is 0. The summed E-state index contributed by atoms with van der Waals surface area (Å²) in [5.41, 5.74) is 1.58. The lowest BCUT2D eigenvalue weighted by Crippen LogP contribution is -2.48. The number of carbonyl (C=O) groups is 1. The molecule has 1 aliphatic heterocycles. The zero-order valence-electron chi connectivity index (χ0n) is 8.34. The molecule has 1 saturated heterocycles. The summed E-state index contributed by atoms with van der Waals surface area (Å²) in [6.45, 7) is 3.75. The summed E-state index contributed by atoms with van der Waals surface area (Å²) in [5, 5.41) is 10.6. The van der Waals surface area contributed by atoms with Crippen LogP contribution in [-0.2, 0) is 4.74 Å². The molecule has 0 radical (unpaired) electrons. The lowest BCUT2D eigenvalue weighted by molar-refractivity contribution is 0.0221. The second kappa shape index (κ2) is 4.54. The van der Waals surface area contributed by atoms with Crippen LogP contribution in [0.1, 0.15) is 6.92 Å². The van der Waals surface area contributed by atoms with E-state index in [-0.39, 0.29) is 12.1 Å². The summed E-state index contributed by atoms with van der Waals surface area (Å²) >= 11 is 1.30. The second-order valence-corrected chi connectivity index (χ2v) is 4.12. The number of hydrogen-bond donors (Lipinski definition) is 1. The standard InChI is InChI=1S/C8H12N4O2S/c1-6-4-14-3-2-12(6)8(13)10-7-11-9-5-15-7/h5-6H,2-4H2,1H3,(H,10,11,13)/t6-/m1/s1. The average Bonchev–Trinajstić information content (AvgIpc) is 2.71. The minimum Gasteiger partial charge on any atom is -0.377 e. The maximum absolute atomic E-state index is 11.8. The third kappa shape index (κ3) is 2.42. The van der Waals surface area contributed by atoms with E-state index in [1.807, 2.05) is 6.92 Å². The summed E-state index contributed by atoms with van der Waals surface area (Å²) in [4.78, 5) is 13.5. The number of morpholine rings is 1. The molecule has 0 unspecified atom stereocenters. The smallest absolute Gasteiger partial charge is 0.324 e. The molecule has 2 amide bonds. The number of ether oxygens (including phenoxy) is 1. The zero-order valence-corrected chi connectivity index (χ0v) is 9.16. The molecule has 2 rings (SSSR count). The Hall–Kier alpha value is -1.21. The van der Waals surface area contributed by atoms with Crippen LogP contribution in [0.4, 0.5) is 9.93 Å². The Labute approximate surface area is 91.2 Å². The van der Waals surface area contributed by atoms with E-state index >= 15 is 0 Å². The Balaban J connectivity index is 1.95. The van der Waals surface area contributed by atoms with Gasteiger partial charge in [0.05, 0.1) is 19.3 Å². The maximum atomic E-state index is 11.8. The van der Waals surface area contributed by atoms with Crippen molar-refractivity contribution in [2.75, 3.05) is 25.1 Å². The Kier molecular flexibility index (Phi) is 3.12. The van der Waals surface area contributed by atoms with Gasteiger partial charge in [-0.2, -0.15) is 0 Å². The van der Waals surface area contributed by atoms with E-state index in [0.29, 0.717) is 24.9 Å². The summed E-state index contributed by atoms with van der Waals surface area (Å²) in [6.07, 6.45) is 0. The van der Waals surface area contributed by atoms with Crippen LogP contribution in [0.3, 0.4) is 0 Å². The first-order valence-electron chi connectivity index (χ1n) is 4.69. The van der Waals surface area contributed by atoms with Crippen LogP contribution in [0, 0.1) is 0 Å². The summed E-state index contributed by atoms with van der Waals surface area (Å²) in [7, 11) is 0. The van der Waals surface area contributed by atoms with Gasteiger partial charge in [-0.15, -0.1) is 10.2 Å². The zero-order chi connectivity index (χ0) is 10.7. The van der Waals surface area contributed by atoms with Crippen molar-refractivity contribution >= 4 is 22.5 Å². The van der Waals surface area contributed by atoms with E-state index in [4.69, 9.17) is 4.74 Å². The van der Waals surface area contributed by atoms with Gasteiger partial charge in [0.25, 0.3) is 0 Å². The fourth-order valence-electron chi connectivity index (χ4n) is 1.42. The SMILES string of the molecule is C[C@@H]1COCCN1C(=O)Nc1nncs1. The number of rotatable bonds is 1. The van der Waals surface area contributed by atoms with Crippen molar-refractivity contribution in [2.24, 2.45) is 0 Å². The van der Waals surface area contributed by atoms with Crippen molar-refractivity contribution in [1.29, 1.82) is 0 Å². The second-order valence-electron chi connectivity index (χ2n) is 3.29. The van der Waals surface area contributed by atoms with Gasteiger partial charge in [-0.25, -0.2) is 4.79 Å². The molecular weight excluding hydrogens is 216 g/mol. The number of amides is 2. The Morgan fingerprint density at radius 2 is 2.67 bits per heavy atom. The monoisotopic (exact) mass is 228 g/mol. The molecule has 2 heterocycles. The van der Waals surface area contributed by atoms with Crippen LogP contribution in [0.5, 0.6) is 0 Å². The molecule has 0 aromatic carbocycles. The highest BCUT2D eigenvalue weighted by Crippen LogP contribution is 2.12. The fourth-order valence-corrected chi connectivity index (χ4v) is 1.85. The molecule has 0 saturated carbocycles. The molecule has 0 bridgehead atoms. The molecule has 0 spiro atoms. The number of carbonyl (C=O) groups excluding carboxylic acids is 1. The van der Waals surface area contributed by atoms with E-state index in [1.165, 1.54) is 11.3 Å². The van der Waals surface area contributed by atoms with Crippen molar-refractivity contribution < 1.29 is 9.53 Å². The molecular formula is C8H12N4O2S. The van der Waals surface area contributed by atoms with E-state index in [1.54, 1.807) is 10.4 Å². The first-order chi connectivity index (χ1) is 7.27.